The minimum Gasteiger partial charge on any atom is -0.382 e. The van der Waals surface area contributed by atoms with Gasteiger partial charge in [0.2, 0.25) is 0 Å². The lowest BCUT2D eigenvalue weighted by Crippen LogP contribution is -2.15. The van der Waals surface area contributed by atoms with Crippen LogP contribution in [0.1, 0.15) is 17.2 Å². The predicted molar refractivity (Wildman–Crippen MR) is 56.2 cm³/mol. The zero-order valence-corrected chi connectivity index (χ0v) is 8.50. The van der Waals surface area contributed by atoms with E-state index in [0.717, 1.165) is 18.5 Å². The molecule has 1 unspecified atom stereocenters. The van der Waals surface area contributed by atoms with E-state index in [-0.39, 0.29) is 11.1 Å². The molecule has 1 aromatic rings. The summed E-state index contributed by atoms with van der Waals surface area (Å²) >= 11 is 10.1. The van der Waals surface area contributed by atoms with Crippen LogP contribution in [-0.2, 0) is 0 Å². The van der Waals surface area contributed by atoms with Gasteiger partial charge in [-0.2, -0.15) is 12.6 Å². The first-order valence-electron chi connectivity index (χ1n) is 4.09. The molecule has 1 aliphatic heterocycles. The number of hydrogen-bond donors (Lipinski definition) is 2. The molecule has 13 heavy (non-hydrogen) atoms. The van der Waals surface area contributed by atoms with E-state index in [9.17, 15) is 4.39 Å². The molecule has 1 aliphatic rings. The smallest absolute Gasteiger partial charge is 0.148 e. The maximum atomic E-state index is 13.3. The minimum atomic E-state index is -0.291. The number of rotatable bonds is 0. The van der Waals surface area contributed by atoms with Crippen LogP contribution >= 0.6 is 24.2 Å². The fourth-order valence-electron chi connectivity index (χ4n) is 1.53. The molecular formula is C9H9ClFNS. The van der Waals surface area contributed by atoms with Gasteiger partial charge in [0.05, 0.1) is 5.69 Å². The average molecular weight is 218 g/mol. The molecule has 1 nitrogen and oxygen atoms in total. The van der Waals surface area contributed by atoms with E-state index < -0.39 is 0 Å². The molecule has 0 fully saturated rings. The van der Waals surface area contributed by atoms with Gasteiger partial charge in [0.25, 0.3) is 0 Å². The van der Waals surface area contributed by atoms with Crippen LogP contribution in [0, 0.1) is 5.82 Å². The van der Waals surface area contributed by atoms with Gasteiger partial charge < -0.3 is 5.32 Å². The number of anilines is 1. The van der Waals surface area contributed by atoms with Gasteiger partial charge in [-0.1, -0.05) is 11.6 Å². The fourth-order valence-corrected chi connectivity index (χ4v) is 2.08. The Hall–Kier alpha value is -0.410. The van der Waals surface area contributed by atoms with Crippen molar-refractivity contribution in [2.45, 2.75) is 11.7 Å². The fraction of sp³-hybridized carbons (Fsp3) is 0.333. The molecule has 1 aromatic carbocycles. The number of thiol groups is 1. The van der Waals surface area contributed by atoms with Crippen molar-refractivity contribution in [3.05, 3.63) is 28.5 Å². The van der Waals surface area contributed by atoms with E-state index in [0.29, 0.717) is 10.7 Å². The van der Waals surface area contributed by atoms with Crippen molar-refractivity contribution in [3.8, 4) is 0 Å². The average Bonchev–Trinajstić information content (AvgIpc) is 2.07. The molecule has 0 radical (unpaired) electrons. The summed E-state index contributed by atoms with van der Waals surface area (Å²) in [6.45, 7) is 0.764. The SMILES string of the molecule is Fc1cc(Cl)cc2c1NCCC2S. The number of fused-ring (bicyclic) bond motifs is 1. The summed E-state index contributed by atoms with van der Waals surface area (Å²) in [5.74, 6) is -0.291. The topological polar surface area (TPSA) is 12.0 Å². The summed E-state index contributed by atoms with van der Waals surface area (Å²) in [7, 11) is 0. The summed E-state index contributed by atoms with van der Waals surface area (Å²) in [5.41, 5.74) is 1.41. The second-order valence-electron chi connectivity index (χ2n) is 3.08. The normalized spacial score (nSPS) is 20.7. The lowest BCUT2D eigenvalue weighted by molar-refractivity contribution is 0.622. The highest BCUT2D eigenvalue weighted by Gasteiger charge is 2.20. The first-order chi connectivity index (χ1) is 6.18. The first kappa shape index (κ1) is 9.16. The second-order valence-corrected chi connectivity index (χ2v) is 4.14. The molecule has 0 bridgehead atoms. The predicted octanol–water partition coefficient (Wildman–Crippen LogP) is 3.27. The van der Waals surface area contributed by atoms with Gasteiger partial charge in [-0.3, -0.25) is 0 Å². The van der Waals surface area contributed by atoms with Crippen LogP contribution in [0.15, 0.2) is 12.1 Å². The molecule has 0 aromatic heterocycles. The molecule has 0 saturated heterocycles. The third-order valence-electron chi connectivity index (χ3n) is 2.16. The molecule has 0 saturated carbocycles. The summed E-state index contributed by atoms with van der Waals surface area (Å²) in [6, 6.07) is 3.09. The van der Waals surface area contributed by atoms with Gasteiger partial charge in [0.15, 0.2) is 0 Å². The van der Waals surface area contributed by atoms with Crippen molar-refractivity contribution < 1.29 is 4.39 Å². The molecule has 70 valence electrons. The first-order valence-corrected chi connectivity index (χ1v) is 4.99. The Morgan fingerprint density at radius 1 is 1.54 bits per heavy atom. The van der Waals surface area contributed by atoms with Gasteiger partial charge in [0.1, 0.15) is 5.82 Å². The van der Waals surface area contributed by atoms with Crippen LogP contribution in [0.4, 0.5) is 10.1 Å². The highest BCUT2D eigenvalue weighted by atomic mass is 35.5. The van der Waals surface area contributed by atoms with Gasteiger partial charge in [-0.15, -0.1) is 0 Å². The molecule has 0 amide bonds. The Labute approximate surface area is 86.7 Å². The molecule has 2 rings (SSSR count). The number of hydrogen-bond acceptors (Lipinski definition) is 2. The molecule has 1 heterocycles. The van der Waals surface area contributed by atoms with Gasteiger partial charge in [-0.05, 0) is 24.1 Å². The second kappa shape index (κ2) is 3.39. The van der Waals surface area contributed by atoms with E-state index in [2.05, 4.69) is 17.9 Å². The molecule has 0 spiro atoms. The summed E-state index contributed by atoms with van der Waals surface area (Å²) < 4.78 is 13.3. The lowest BCUT2D eigenvalue weighted by atomic mass is 10.0. The van der Waals surface area contributed by atoms with Gasteiger partial charge in [-0.25, -0.2) is 4.39 Å². The molecule has 1 N–H and O–H groups in total. The van der Waals surface area contributed by atoms with E-state index >= 15 is 0 Å². The molecule has 0 aliphatic carbocycles. The van der Waals surface area contributed by atoms with Crippen LogP contribution < -0.4 is 5.32 Å². The molecule has 1 atom stereocenters. The van der Waals surface area contributed by atoms with Crippen LogP contribution in [-0.4, -0.2) is 6.54 Å². The standard InChI is InChI=1S/C9H9ClFNS/c10-5-3-6-8(13)1-2-12-9(6)7(11)4-5/h3-4,8,12-13H,1-2H2. The summed E-state index contributed by atoms with van der Waals surface area (Å²) in [6.07, 6.45) is 0.899. The van der Waals surface area contributed by atoms with E-state index in [1.807, 2.05) is 0 Å². The Morgan fingerprint density at radius 3 is 3.08 bits per heavy atom. The Balaban J connectivity index is 2.56. The van der Waals surface area contributed by atoms with Crippen molar-refractivity contribution in [1.82, 2.24) is 0 Å². The van der Waals surface area contributed by atoms with E-state index in [1.165, 1.54) is 6.07 Å². The van der Waals surface area contributed by atoms with E-state index in [4.69, 9.17) is 11.6 Å². The van der Waals surface area contributed by atoms with Crippen molar-refractivity contribution in [1.29, 1.82) is 0 Å². The zero-order valence-electron chi connectivity index (χ0n) is 6.85. The number of nitrogens with one attached hydrogen (secondary N) is 1. The number of halogens is 2. The van der Waals surface area contributed by atoms with Crippen molar-refractivity contribution in [3.63, 3.8) is 0 Å². The molecule has 4 heteroatoms. The maximum absolute atomic E-state index is 13.3. The van der Waals surface area contributed by atoms with Gasteiger partial charge >= 0.3 is 0 Å². The highest BCUT2D eigenvalue weighted by molar-refractivity contribution is 7.80. The Bertz CT molecular complexity index is 343. The minimum absolute atomic E-state index is 0.0875. The van der Waals surface area contributed by atoms with Crippen LogP contribution in [0.25, 0.3) is 0 Å². The third kappa shape index (κ3) is 1.63. The van der Waals surface area contributed by atoms with Crippen molar-refractivity contribution in [2.24, 2.45) is 0 Å². The van der Waals surface area contributed by atoms with Crippen LogP contribution in [0.5, 0.6) is 0 Å². The third-order valence-corrected chi connectivity index (χ3v) is 2.92. The van der Waals surface area contributed by atoms with Gasteiger partial charge in [0, 0.05) is 16.8 Å². The lowest BCUT2D eigenvalue weighted by Gasteiger charge is -2.23. The van der Waals surface area contributed by atoms with Crippen molar-refractivity contribution in [2.75, 3.05) is 11.9 Å². The zero-order chi connectivity index (χ0) is 9.42. The monoisotopic (exact) mass is 217 g/mol. The van der Waals surface area contributed by atoms with Crippen LogP contribution in [0.2, 0.25) is 5.02 Å². The Kier molecular flexibility index (Phi) is 2.39. The Morgan fingerprint density at radius 2 is 2.31 bits per heavy atom. The number of benzene rings is 1. The largest absolute Gasteiger partial charge is 0.382 e. The molecular weight excluding hydrogens is 209 g/mol. The summed E-state index contributed by atoms with van der Waals surface area (Å²) in [5, 5.41) is 3.52. The van der Waals surface area contributed by atoms with Crippen molar-refractivity contribution >= 4 is 29.9 Å². The highest BCUT2D eigenvalue weighted by Crippen LogP contribution is 2.37. The summed E-state index contributed by atoms with van der Waals surface area (Å²) in [4.78, 5) is 0. The quantitative estimate of drug-likeness (QED) is 0.636. The van der Waals surface area contributed by atoms with E-state index in [1.54, 1.807) is 6.07 Å². The maximum Gasteiger partial charge on any atom is 0.148 e. The van der Waals surface area contributed by atoms with Crippen LogP contribution in [0.3, 0.4) is 0 Å².